The van der Waals surface area contributed by atoms with E-state index >= 15 is 0 Å². The van der Waals surface area contributed by atoms with E-state index in [1.165, 1.54) is 0 Å². The van der Waals surface area contributed by atoms with Crippen molar-refractivity contribution < 1.29 is 9.59 Å². The van der Waals surface area contributed by atoms with Crippen molar-refractivity contribution in [1.29, 1.82) is 0 Å². The first-order chi connectivity index (χ1) is 13.7. The number of carbonyl (C=O) groups is 2. The Morgan fingerprint density at radius 1 is 0.929 bits per heavy atom. The molecule has 2 amide bonds. The molecular weight excluding hydrogens is 356 g/mol. The Kier molecular flexibility index (Phi) is 4.75. The van der Waals surface area contributed by atoms with Crippen LogP contribution in [0, 0.1) is 0 Å². The summed E-state index contributed by atoms with van der Waals surface area (Å²) >= 11 is 0. The Morgan fingerprint density at radius 2 is 1.75 bits per heavy atom. The van der Waals surface area contributed by atoms with Crippen molar-refractivity contribution in [2.45, 2.75) is 6.54 Å². The van der Waals surface area contributed by atoms with Gasteiger partial charge in [-0.1, -0.05) is 36.4 Å². The molecule has 0 aliphatic carbocycles. The van der Waals surface area contributed by atoms with Crippen molar-refractivity contribution in [3.63, 3.8) is 0 Å². The van der Waals surface area contributed by atoms with Crippen LogP contribution >= 0.6 is 0 Å². The molecule has 0 radical (unpaired) electrons. The summed E-state index contributed by atoms with van der Waals surface area (Å²) in [5, 5.41) is 13.9. The fraction of sp³-hybridized carbons (Fsp3) is 0.0500. The van der Waals surface area contributed by atoms with Gasteiger partial charge < -0.3 is 10.6 Å². The van der Waals surface area contributed by atoms with Gasteiger partial charge in [-0.2, -0.15) is 0 Å². The molecule has 4 aromatic rings. The summed E-state index contributed by atoms with van der Waals surface area (Å²) < 4.78 is 1.74. The van der Waals surface area contributed by atoms with Gasteiger partial charge in [0.25, 0.3) is 0 Å². The highest BCUT2D eigenvalue weighted by Crippen LogP contribution is 2.20. The van der Waals surface area contributed by atoms with Crippen LogP contribution in [0.1, 0.15) is 5.82 Å². The second-order valence-electron chi connectivity index (χ2n) is 5.97. The number of amides is 2. The van der Waals surface area contributed by atoms with Crippen LogP contribution in [0.4, 0.5) is 5.69 Å². The Morgan fingerprint density at radius 3 is 2.61 bits per heavy atom. The third-order valence-corrected chi connectivity index (χ3v) is 4.15. The largest absolute Gasteiger partial charge is 0.341 e. The first-order valence-corrected chi connectivity index (χ1v) is 8.59. The van der Waals surface area contributed by atoms with Crippen LogP contribution in [0.25, 0.3) is 16.6 Å². The van der Waals surface area contributed by atoms with E-state index in [0.29, 0.717) is 17.0 Å². The van der Waals surface area contributed by atoms with Gasteiger partial charge in [0.15, 0.2) is 5.82 Å². The van der Waals surface area contributed by atoms with Gasteiger partial charge >= 0.3 is 11.8 Å². The molecule has 2 aromatic heterocycles. The number of para-hydroxylation sites is 2. The number of pyridine rings is 1. The maximum Gasteiger partial charge on any atom is 0.313 e. The standard InChI is InChI=1S/C20H16N6O2/c27-19(20(28)24-16-10-4-6-14-7-5-11-21-18(14)16)22-12-17-25-23-13-26(17)15-8-2-1-3-9-15/h1-11,13H,12H2,(H,22,27)(H,24,28). The number of nitrogens with one attached hydrogen (secondary N) is 2. The molecule has 2 aromatic carbocycles. The van der Waals surface area contributed by atoms with Gasteiger partial charge in [0, 0.05) is 17.3 Å². The maximum atomic E-state index is 12.3. The Balaban J connectivity index is 1.43. The minimum Gasteiger partial charge on any atom is -0.341 e. The summed E-state index contributed by atoms with van der Waals surface area (Å²) in [4.78, 5) is 28.8. The van der Waals surface area contributed by atoms with Crippen LogP contribution in [0.3, 0.4) is 0 Å². The van der Waals surface area contributed by atoms with Crippen LogP contribution in [-0.4, -0.2) is 31.6 Å². The lowest BCUT2D eigenvalue weighted by atomic mass is 10.2. The molecule has 28 heavy (non-hydrogen) atoms. The van der Waals surface area contributed by atoms with Gasteiger partial charge in [-0.3, -0.25) is 19.1 Å². The number of fused-ring (bicyclic) bond motifs is 1. The lowest BCUT2D eigenvalue weighted by molar-refractivity contribution is -0.136. The quantitative estimate of drug-likeness (QED) is 0.534. The molecule has 2 N–H and O–H groups in total. The summed E-state index contributed by atoms with van der Waals surface area (Å²) in [5.41, 5.74) is 1.96. The van der Waals surface area contributed by atoms with E-state index in [0.717, 1.165) is 11.1 Å². The summed E-state index contributed by atoms with van der Waals surface area (Å²) in [6.07, 6.45) is 3.19. The first kappa shape index (κ1) is 17.3. The zero-order valence-corrected chi connectivity index (χ0v) is 14.7. The van der Waals surface area contributed by atoms with Gasteiger partial charge in [-0.05, 0) is 24.3 Å². The third-order valence-electron chi connectivity index (χ3n) is 4.15. The van der Waals surface area contributed by atoms with Crippen LogP contribution in [-0.2, 0) is 16.1 Å². The second kappa shape index (κ2) is 7.67. The van der Waals surface area contributed by atoms with Crippen LogP contribution in [0.2, 0.25) is 0 Å². The number of rotatable bonds is 4. The predicted molar refractivity (Wildman–Crippen MR) is 104 cm³/mol. The van der Waals surface area contributed by atoms with Gasteiger partial charge in [0.1, 0.15) is 6.33 Å². The lowest BCUT2D eigenvalue weighted by Gasteiger charge is -2.09. The highest BCUT2D eigenvalue weighted by atomic mass is 16.2. The summed E-state index contributed by atoms with van der Waals surface area (Å²) in [6.45, 7) is 0.0644. The molecule has 0 atom stereocenters. The lowest BCUT2D eigenvalue weighted by Crippen LogP contribution is -2.35. The number of anilines is 1. The Bertz CT molecular complexity index is 1130. The number of hydrogen-bond acceptors (Lipinski definition) is 5. The van der Waals surface area contributed by atoms with E-state index in [-0.39, 0.29) is 6.54 Å². The van der Waals surface area contributed by atoms with Crippen LogP contribution < -0.4 is 10.6 Å². The number of carbonyl (C=O) groups excluding carboxylic acids is 2. The van der Waals surface area contributed by atoms with E-state index in [1.807, 2.05) is 48.5 Å². The van der Waals surface area contributed by atoms with E-state index in [1.54, 1.807) is 29.2 Å². The molecule has 0 aliphatic heterocycles. The molecule has 0 saturated heterocycles. The number of hydrogen-bond donors (Lipinski definition) is 2. The van der Waals surface area contributed by atoms with E-state index in [9.17, 15) is 9.59 Å². The topological polar surface area (TPSA) is 102 Å². The molecule has 2 heterocycles. The second-order valence-corrected chi connectivity index (χ2v) is 5.97. The molecule has 0 saturated carbocycles. The number of benzene rings is 2. The fourth-order valence-corrected chi connectivity index (χ4v) is 2.81. The summed E-state index contributed by atoms with van der Waals surface area (Å²) in [6, 6.07) is 18.6. The maximum absolute atomic E-state index is 12.3. The molecule has 8 nitrogen and oxygen atoms in total. The van der Waals surface area contributed by atoms with E-state index < -0.39 is 11.8 Å². The smallest absolute Gasteiger partial charge is 0.313 e. The Labute approximate surface area is 160 Å². The molecule has 0 spiro atoms. The van der Waals surface area contributed by atoms with Crippen molar-refractivity contribution in [2.24, 2.45) is 0 Å². The summed E-state index contributed by atoms with van der Waals surface area (Å²) in [5.74, 6) is -1.03. The molecule has 4 rings (SSSR count). The molecule has 0 bridgehead atoms. The zero-order chi connectivity index (χ0) is 19.3. The van der Waals surface area contributed by atoms with Gasteiger partial charge in [0.2, 0.25) is 0 Å². The van der Waals surface area contributed by atoms with Crippen molar-refractivity contribution in [3.8, 4) is 5.69 Å². The van der Waals surface area contributed by atoms with Gasteiger partial charge in [-0.25, -0.2) is 0 Å². The molecule has 0 unspecified atom stereocenters. The minimum absolute atomic E-state index is 0.0644. The third kappa shape index (κ3) is 3.56. The highest BCUT2D eigenvalue weighted by Gasteiger charge is 2.16. The van der Waals surface area contributed by atoms with Crippen LogP contribution in [0.5, 0.6) is 0 Å². The number of nitrogens with zero attached hydrogens (tertiary/aromatic N) is 4. The molecular formula is C20H16N6O2. The van der Waals surface area contributed by atoms with Crippen molar-refractivity contribution >= 4 is 28.4 Å². The van der Waals surface area contributed by atoms with Gasteiger partial charge in [-0.15, -0.1) is 10.2 Å². The fourth-order valence-electron chi connectivity index (χ4n) is 2.81. The minimum atomic E-state index is -0.774. The first-order valence-electron chi connectivity index (χ1n) is 8.59. The van der Waals surface area contributed by atoms with E-state index in [4.69, 9.17) is 0 Å². The predicted octanol–water partition coefficient (Wildman–Crippen LogP) is 2.07. The van der Waals surface area contributed by atoms with Crippen molar-refractivity contribution in [1.82, 2.24) is 25.1 Å². The Hall–Kier alpha value is -4.07. The normalized spacial score (nSPS) is 10.6. The van der Waals surface area contributed by atoms with E-state index in [2.05, 4.69) is 25.8 Å². The average molecular weight is 372 g/mol. The average Bonchev–Trinajstić information content (AvgIpc) is 3.21. The summed E-state index contributed by atoms with van der Waals surface area (Å²) in [7, 11) is 0. The molecule has 138 valence electrons. The highest BCUT2D eigenvalue weighted by molar-refractivity contribution is 6.40. The van der Waals surface area contributed by atoms with Crippen molar-refractivity contribution in [3.05, 3.63) is 79.0 Å². The van der Waals surface area contributed by atoms with Gasteiger partial charge in [0.05, 0.1) is 17.7 Å². The SMILES string of the molecule is O=C(NCc1nncn1-c1ccccc1)C(=O)Nc1cccc2cccnc12. The van der Waals surface area contributed by atoms with Crippen LogP contribution in [0.15, 0.2) is 73.2 Å². The monoisotopic (exact) mass is 372 g/mol. The van der Waals surface area contributed by atoms with Crippen molar-refractivity contribution in [2.75, 3.05) is 5.32 Å². The molecule has 8 heteroatoms. The zero-order valence-electron chi connectivity index (χ0n) is 14.7. The molecule has 0 aliphatic rings. The number of aromatic nitrogens is 4. The molecule has 0 fully saturated rings.